The molecule has 1 rings (SSSR count). The molecule has 1 aliphatic rings. The third-order valence-electron chi connectivity index (χ3n) is 1.41. The van der Waals surface area contributed by atoms with Gasteiger partial charge < -0.3 is 10.6 Å². The SMILES string of the molecule is CC(C)CNC(=O)[C@H]1CN1. The lowest BCUT2D eigenvalue weighted by atomic mass is 10.2. The Morgan fingerprint density at radius 3 is 2.80 bits per heavy atom. The molecule has 1 amide bonds. The maximum atomic E-state index is 10.9. The van der Waals surface area contributed by atoms with Crippen molar-refractivity contribution in [1.82, 2.24) is 10.6 Å². The highest BCUT2D eigenvalue weighted by molar-refractivity contribution is 5.84. The molecule has 1 fully saturated rings. The Kier molecular flexibility index (Phi) is 2.27. The molecule has 0 aromatic heterocycles. The first kappa shape index (κ1) is 7.54. The third kappa shape index (κ3) is 2.35. The molecule has 3 nitrogen and oxygen atoms in total. The number of carbonyl (C=O) groups excluding carboxylic acids is 1. The van der Waals surface area contributed by atoms with E-state index >= 15 is 0 Å². The van der Waals surface area contributed by atoms with Crippen LogP contribution in [-0.4, -0.2) is 25.0 Å². The molecule has 0 saturated carbocycles. The number of carbonyl (C=O) groups is 1. The quantitative estimate of drug-likeness (QED) is 0.533. The minimum Gasteiger partial charge on any atom is -0.354 e. The summed E-state index contributed by atoms with van der Waals surface area (Å²) in [5.74, 6) is 0.691. The van der Waals surface area contributed by atoms with Crippen LogP contribution in [0.2, 0.25) is 0 Å². The van der Waals surface area contributed by atoms with Crippen molar-refractivity contribution in [3.05, 3.63) is 0 Å². The van der Waals surface area contributed by atoms with Crippen LogP contribution in [0.3, 0.4) is 0 Å². The van der Waals surface area contributed by atoms with Gasteiger partial charge in [-0.1, -0.05) is 13.8 Å². The van der Waals surface area contributed by atoms with Gasteiger partial charge in [-0.25, -0.2) is 0 Å². The fourth-order valence-corrected chi connectivity index (χ4v) is 0.672. The lowest BCUT2D eigenvalue weighted by Crippen LogP contribution is -2.32. The molecule has 0 aliphatic carbocycles. The second-order valence-electron chi connectivity index (χ2n) is 3.10. The summed E-state index contributed by atoms with van der Waals surface area (Å²) >= 11 is 0. The van der Waals surface area contributed by atoms with Gasteiger partial charge in [-0.15, -0.1) is 0 Å². The van der Waals surface area contributed by atoms with Crippen LogP contribution in [0.1, 0.15) is 13.8 Å². The Labute approximate surface area is 61.2 Å². The van der Waals surface area contributed by atoms with E-state index in [0.717, 1.165) is 13.1 Å². The molecular formula is C7H14N2O. The highest BCUT2D eigenvalue weighted by Gasteiger charge is 2.28. The Morgan fingerprint density at radius 2 is 2.40 bits per heavy atom. The smallest absolute Gasteiger partial charge is 0.238 e. The predicted molar refractivity (Wildman–Crippen MR) is 39.6 cm³/mol. The van der Waals surface area contributed by atoms with E-state index in [-0.39, 0.29) is 11.9 Å². The summed E-state index contributed by atoms with van der Waals surface area (Å²) in [6, 6.07) is 0.110. The van der Waals surface area contributed by atoms with Crippen LogP contribution >= 0.6 is 0 Å². The average Bonchev–Trinajstić information content (AvgIpc) is 2.63. The highest BCUT2D eigenvalue weighted by atomic mass is 16.2. The predicted octanol–water partition coefficient (Wildman–Crippen LogP) is -0.270. The minimum atomic E-state index is 0.110. The first-order valence-electron chi connectivity index (χ1n) is 3.71. The molecule has 58 valence electrons. The number of nitrogens with one attached hydrogen (secondary N) is 2. The van der Waals surface area contributed by atoms with Crippen molar-refractivity contribution in [1.29, 1.82) is 0 Å². The molecule has 1 aliphatic heterocycles. The van der Waals surface area contributed by atoms with Gasteiger partial charge >= 0.3 is 0 Å². The fourth-order valence-electron chi connectivity index (χ4n) is 0.672. The maximum Gasteiger partial charge on any atom is 0.238 e. The minimum absolute atomic E-state index is 0.110. The van der Waals surface area contributed by atoms with Crippen molar-refractivity contribution in [2.24, 2.45) is 5.92 Å². The van der Waals surface area contributed by atoms with Crippen molar-refractivity contribution in [2.45, 2.75) is 19.9 Å². The molecule has 1 heterocycles. The van der Waals surface area contributed by atoms with E-state index in [1.165, 1.54) is 0 Å². The zero-order chi connectivity index (χ0) is 7.56. The third-order valence-corrected chi connectivity index (χ3v) is 1.41. The van der Waals surface area contributed by atoms with Gasteiger partial charge in [-0.2, -0.15) is 0 Å². The second kappa shape index (κ2) is 3.01. The Bertz CT molecular complexity index is 130. The first-order chi connectivity index (χ1) is 4.70. The molecule has 0 radical (unpaired) electrons. The molecule has 10 heavy (non-hydrogen) atoms. The Morgan fingerprint density at radius 1 is 1.80 bits per heavy atom. The van der Waals surface area contributed by atoms with E-state index in [4.69, 9.17) is 0 Å². The van der Waals surface area contributed by atoms with Gasteiger partial charge in [-0.05, 0) is 5.92 Å². The second-order valence-corrected chi connectivity index (χ2v) is 3.10. The summed E-state index contributed by atoms with van der Waals surface area (Å²) < 4.78 is 0. The van der Waals surface area contributed by atoms with Crippen LogP contribution in [0.5, 0.6) is 0 Å². The summed E-state index contributed by atoms with van der Waals surface area (Å²) in [6.45, 7) is 5.81. The zero-order valence-electron chi connectivity index (χ0n) is 6.48. The summed E-state index contributed by atoms with van der Waals surface area (Å²) in [7, 11) is 0. The van der Waals surface area contributed by atoms with E-state index < -0.39 is 0 Å². The Hall–Kier alpha value is -0.570. The number of amides is 1. The lowest BCUT2D eigenvalue weighted by molar-refractivity contribution is -0.120. The number of hydrogen-bond donors (Lipinski definition) is 2. The van der Waals surface area contributed by atoms with Gasteiger partial charge in [0.25, 0.3) is 0 Å². The number of rotatable bonds is 3. The van der Waals surface area contributed by atoms with Gasteiger partial charge in [0.2, 0.25) is 5.91 Å². The molecule has 0 aromatic carbocycles. The first-order valence-corrected chi connectivity index (χ1v) is 3.71. The standard InChI is InChI=1S/C7H14N2O/c1-5(2)3-9-7(10)6-4-8-6/h5-6,8H,3-4H2,1-2H3,(H,9,10)/t6-/m1/s1. The summed E-state index contributed by atoms with van der Waals surface area (Å²) in [6.07, 6.45) is 0. The molecule has 0 bridgehead atoms. The monoisotopic (exact) mass is 142 g/mol. The molecule has 0 aromatic rings. The average molecular weight is 142 g/mol. The normalized spacial score (nSPS) is 22.9. The molecule has 0 spiro atoms. The highest BCUT2D eigenvalue weighted by Crippen LogP contribution is 1.96. The van der Waals surface area contributed by atoms with Crippen molar-refractivity contribution >= 4 is 5.91 Å². The van der Waals surface area contributed by atoms with Crippen molar-refractivity contribution in [2.75, 3.05) is 13.1 Å². The van der Waals surface area contributed by atoms with E-state index in [1.807, 2.05) is 0 Å². The Balaban J connectivity index is 2.06. The van der Waals surface area contributed by atoms with Gasteiger partial charge in [0.15, 0.2) is 0 Å². The molecule has 3 heteroatoms. The van der Waals surface area contributed by atoms with Gasteiger partial charge in [0.05, 0.1) is 6.04 Å². The van der Waals surface area contributed by atoms with Gasteiger partial charge in [-0.3, -0.25) is 4.79 Å². The largest absolute Gasteiger partial charge is 0.354 e. The van der Waals surface area contributed by atoms with Crippen LogP contribution in [0.15, 0.2) is 0 Å². The van der Waals surface area contributed by atoms with Crippen LogP contribution in [0, 0.1) is 5.92 Å². The topological polar surface area (TPSA) is 51.0 Å². The molecule has 1 saturated heterocycles. The van der Waals surface area contributed by atoms with Crippen LogP contribution in [-0.2, 0) is 4.79 Å². The zero-order valence-corrected chi connectivity index (χ0v) is 6.48. The van der Waals surface area contributed by atoms with E-state index in [0.29, 0.717) is 5.92 Å². The van der Waals surface area contributed by atoms with Crippen molar-refractivity contribution in [3.63, 3.8) is 0 Å². The van der Waals surface area contributed by atoms with E-state index in [2.05, 4.69) is 24.5 Å². The molecule has 2 N–H and O–H groups in total. The summed E-state index contributed by atoms with van der Waals surface area (Å²) in [5.41, 5.74) is 0. The summed E-state index contributed by atoms with van der Waals surface area (Å²) in [4.78, 5) is 10.9. The van der Waals surface area contributed by atoms with Crippen LogP contribution in [0.4, 0.5) is 0 Å². The van der Waals surface area contributed by atoms with E-state index in [1.54, 1.807) is 0 Å². The summed E-state index contributed by atoms with van der Waals surface area (Å²) in [5, 5.41) is 5.79. The van der Waals surface area contributed by atoms with E-state index in [9.17, 15) is 4.79 Å². The van der Waals surface area contributed by atoms with Crippen molar-refractivity contribution < 1.29 is 4.79 Å². The fraction of sp³-hybridized carbons (Fsp3) is 0.857. The maximum absolute atomic E-state index is 10.9. The number of hydrogen-bond acceptors (Lipinski definition) is 2. The molecular weight excluding hydrogens is 128 g/mol. The van der Waals surface area contributed by atoms with Gasteiger partial charge in [0.1, 0.15) is 0 Å². The van der Waals surface area contributed by atoms with Gasteiger partial charge in [0, 0.05) is 13.1 Å². The lowest BCUT2D eigenvalue weighted by Gasteiger charge is -2.05. The van der Waals surface area contributed by atoms with Crippen molar-refractivity contribution in [3.8, 4) is 0 Å². The molecule has 1 atom stereocenters. The van der Waals surface area contributed by atoms with Crippen LogP contribution < -0.4 is 10.6 Å². The van der Waals surface area contributed by atoms with Crippen LogP contribution in [0.25, 0.3) is 0 Å². The molecule has 0 unspecified atom stereocenters.